The van der Waals surface area contributed by atoms with Gasteiger partial charge in [0.2, 0.25) is 5.89 Å². The lowest BCUT2D eigenvalue weighted by molar-refractivity contribution is 0.267. The second-order valence-electron chi connectivity index (χ2n) is 4.96. The number of likely N-dealkylation sites (tertiary alicyclic amines) is 1. The van der Waals surface area contributed by atoms with Gasteiger partial charge in [-0.05, 0) is 25.9 Å². The van der Waals surface area contributed by atoms with Gasteiger partial charge in [-0.25, -0.2) is 0 Å². The summed E-state index contributed by atoms with van der Waals surface area (Å²) in [4.78, 5) is 10.9. The number of likely N-dealkylation sites (N-methyl/N-ethyl adjacent to an activating group) is 1. The average Bonchev–Trinajstić information content (AvgIpc) is 3.07. The summed E-state index contributed by atoms with van der Waals surface area (Å²) in [7, 11) is 1.77. The molecule has 0 radical (unpaired) electrons. The second kappa shape index (κ2) is 9.19. The van der Waals surface area contributed by atoms with Gasteiger partial charge in [-0.1, -0.05) is 12.1 Å². The summed E-state index contributed by atoms with van der Waals surface area (Å²) >= 11 is 0. The monoisotopic (exact) mass is 408 g/mol. The fraction of sp³-hybridized carbons (Fsp3) is 0.769. The molecule has 2 heterocycles. The van der Waals surface area contributed by atoms with E-state index in [0.717, 1.165) is 19.0 Å². The highest BCUT2D eigenvalue weighted by Crippen LogP contribution is 2.15. The van der Waals surface area contributed by atoms with Crippen LogP contribution in [0.25, 0.3) is 0 Å². The Morgan fingerprint density at radius 2 is 2.29 bits per heavy atom. The van der Waals surface area contributed by atoms with E-state index in [4.69, 9.17) is 4.52 Å². The Kier molecular flexibility index (Phi) is 7.94. The Balaban J connectivity index is 0.00000220. The van der Waals surface area contributed by atoms with Crippen LogP contribution in [-0.2, 0) is 6.54 Å². The Morgan fingerprint density at radius 1 is 1.48 bits per heavy atom. The molecule has 1 fully saturated rings. The van der Waals surface area contributed by atoms with Gasteiger partial charge in [-0.15, -0.1) is 24.0 Å². The van der Waals surface area contributed by atoms with E-state index >= 15 is 0 Å². The molecular weight excluding hydrogens is 383 g/mol. The molecule has 8 heteroatoms. The molecule has 0 spiro atoms. The van der Waals surface area contributed by atoms with E-state index in [1.807, 2.05) is 0 Å². The number of guanidine groups is 1. The summed E-state index contributed by atoms with van der Waals surface area (Å²) in [5.74, 6) is 1.99. The van der Waals surface area contributed by atoms with Crippen molar-refractivity contribution in [3.05, 3.63) is 11.7 Å². The first kappa shape index (κ1) is 18.1. The van der Waals surface area contributed by atoms with Crippen LogP contribution in [-0.4, -0.2) is 53.7 Å². The summed E-state index contributed by atoms with van der Waals surface area (Å²) in [6.45, 7) is 7.74. The molecular formula is C13H25IN6O. The van der Waals surface area contributed by atoms with Crippen molar-refractivity contribution in [2.45, 2.75) is 39.3 Å². The zero-order valence-electron chi connectivity index (χ0n) is 12.9. The number of rotatable bonds is 5. The molecule has 1 saturated heterocycles. The molecule has 7 nitrogen and oxygen atoms in total. The van der Waals surface area contributed by atoms with Gasteiger partial charge in [0.05, 0.1) is 6.54 Å². The molecule has 2 rings (SSSR count). The van der Waals surface area contributed by atoms with E-state index in [1.165, 1.54) is 19.4 Å². The summed E-state index contributed by atoms with van der Waals surface area (Å²) < 4.78 is 4.93. The van der Waals surface area contributed by atoms with Gasteiger partial charge in [0.25, 0.3) is 0 Å². The zero-order valence-corrected chi connectivity index (χ0v) is 15.3. The van der Waals surface area contributed by atoms with Crippen molar-refractivity contribution in [2.75, 3.05) is 26.7 Å². The maximum absolute atomic E-state index is 4.93. The molecule has 21 heavy (non-hydrogen) atoms. The largest absolute Gasteiger partial charge is 0.355 e. The molecule has 1 aromatic rings. The van der Waals surface area contributed by atoms with E-state index in [2.05, 4.69) is 37.6 Å². The SMILES string of the molecule is CCN1CCCC1CNC(=NC)NCc1noc(C)n1.I. The normalized spacial score (nSPS) is 19.4. The third kappa shape index (κ3) is 5.42. The lowest BCUT2D eigenvalue weighted by Crippen LogP contribution is -2.44. The highest BCUT2D eigenvalue weighted by molar-refractivity contribution is 14.0. The summed E-state index contributed by atoms with van der Waals surface area (Å²) in [5.41, 5.74) is 0. The minimum atomic E-state index is 0. The fourth-order valence-corrected chi connectivity index (χ4v) is 2.55. The first-order valence-corrected chi connectivity index (χ1v) is 7.20. The number of aliphatic imine (C=N–C) groups is 1. The van der Waals surface area contributed by atoms with E-state index in [9.17, 15) is 0 Å². The van der Waals surface area contributed by atoms with Gasteiger partial charge in [-0.2, -0.15) is 4.98 Å². The Hall–Kier alpha value is -0.900. The Bertz CT molecular complexity index is 450. The number of hydrogen-bond donors (Lipinski definition) is 2. The van der Waals surface area contributed by atoms with E-state index < -0.39 is 0 Å². The van der Waals surface area contributed by atoms with Gasteiger partial charge in [0.1, 0.15) is 0 Å². The van der Waals surface area contributed by atoms with Crippen LogP contribution in [0, 0.1) is 6.92 Å². The Morgan fingerprint density at radius 3 is 2.90 bits per heavy atom. The minimum absolute atomic E-state index is 0. The van der Waals surface area contributed by atoms with E-state index in [0.29, 0.717) is 24.3 Å². The molecule has 1 aliphatic rings. The molecule has 0 aromatic carbocycles. The van der Waals surface area contributed by atoms with Crippen molar-refractivity contribution in [1.82, 2.24) is 25.7 Å². The number of halogens is 1. The first-order chi connectivity index (χ1) is 9.72. The molecule has 1 unspecified atom stereocenters. The molecule has 2 N–H and O–H groups in total. The molecule has 1 atom stereocenters. The maximum atomic E-state index is 4.93. The predicted molar refractivity (Wildman–Crippen MR) is 92.9 cm³/mol. The van der Waals surface area contributed by atoms with Gasteiger partial charge in [0, 0.05) is 26.6 Å². The third-order valence-corrected chi connectivity index (χ3v) is 3.62. The van der Waals surface area contributed by atoms with Crippen LogP contribution in [0.4, 0.5) is 0 Å². The quantitative estimate of drug-likeness (QED) is 0.433. The summed E-state index contributed by atoms with van der Waals surface area (Å²) in [5, 5.41) is 10.4. The topological polar surface area (TPSA) is 78.6 Å². The van der Waals surface area contributed by atoms with Crippen molar-refractivity contribution in [2.24, 2.45) is 4.99 Å². The van der Waals surface area contributed by atoms with Gasteiger partial charge >= 0.3 is 0 Å². The molecule has 0 saturated carbocycles. The number of aryl methyl sites for hydroxylation is 1. The van der Waals surface area contributed by atoms with Crippen LogP contribution in [0.15, 0.2) is 9.52 Å². The van der Waals surface area contributed by atoms with E-state index in [1.54, 1.807) is 14.0 Å². The molecule has 0 bridgehead atoms. The predicted octanol–water partition coefficient (Wildman–Crippen LogP) is 1.15. The van der Waals surface area contributed by atoms with Crippen LogP contribution in [0.3, 0.4) is 0 Å². The number of aromatic nitrogens is 2. The lowest BCUT2D eigenvalue weighted by Gasteiger charge is -2.23. The van der Waals surface area contributed by atoms with Crippen LogP contribution in [0.1, 0.15) is 31.5 Å². The molecule has 0 aliphatic carbocycles. The van der Waals surface area contributed by atoms with Crippen molar-refractivity contribution < 1.29 is 4.52 Å². The highest BCUT2D eigenvalue weighted by Gasteiger charge is 2.22. The third-order valence-electron chi connectivity index (χ3n) is 3.62. The van der Waals surface area contributed by atoms with Gasteiger partial charge in [0.15, 0.2) is 11.8 Å². The van der Waals surface area contributed by atoms with Crippen LogP contribution >= 0.6 is 24.0 Å². The average molecular weight is 408 g/mol. The molecule has 1 aromatic heterocycles. The van der Waals surface area contributed by atoms with Crippen molar-refractivity contribution in [1.29, 1.82) is 0 Å². The highest BCUT2D eigenvalue weighted by atomic mass is 127. The van der Waals surface area contributed by atoms with Crippen LogP contribution in [0.2, 0.25) is 0 Å². The molecule has 1 aliphatic heterocycles. The number of nitrogens with one attached hydrogen (secondary N) is 2. The fourth-order valence-electron chi connectivity index (χ4n) is 2.55. The van der Waals surface area contributed by atoms with Gasteiger partial charge < -0.3 is 15.2 Å². The molecule has 120 valence electrons. The van der Waals surface area contributed by atoms with Gasteiger partial charge in [-0.3, -0.25) is 9.89 Å². The van der Waals surface area contributed by atoms with E-state index in [-0.39, 0.29) is 24.0 Å². The maximum Gasteiger partial charge on any atom is 0.223 e. The summed E-state index contributed by atoms with van der Waals surface area (Å²) in [6, 6.07) is 0.603. The van der Waals surface area contributed by atoms with Crippen molar-refractivity contribution in [3.8, 4) is 0 Å². The standard InChI is InChI=1S/C13H24N6O.HI/c1-4-19-7-5-6-11(19)8-15-13(14-3)16-9-12-17-10(2)20-18-12;/h11H,4-9H2,1-3H3,(H2,14,15,16);1H. The van der Waals surface area contributed by atoms with Crippen LogP contribution in [0.5, 0.6) is 0 Å². The van der Waals surface area contributed by atoms with Crippen molar-refractivity contribution in [3.63, 3.8) is 0 Å². The Labute approximate surface area is 143 Å². The first-order valence-electron chi connectivity index (χ1n) is 7.20. The zero-order chi connectivity index (χ0) is 14.4. The van der Waals surface area contributed by atoms with Crippen LogP contribution < -0.4 is 10.6 Å². The smallest absolute Gasteiger partial charge is 0.223 e. The minimum Gasteiger partial charge on any atom is -0.355 e. The number of nitrogens with zero attached hydrogens (tertiary/aromatic N) is 4. The van der Waals surface area contributed by atoms with Crippen molar-refractivity contribution >= 4 is 29.9 Å². The number of hydrogen-bond acceptors (Lipinski definition) is 5. The summed E-state index contributed by atoms with van der Waals surface area (Å²) in [6.07, 6.45) is 2.54. The second-order valence-corrected chi connectivity index (χ2v) is 4.96. The lowest BCUT2D eigenvalue weighted by atomic mass is 10.2. The molecule has 0 amide bonds.